The zero-order valence-electron chi connectivity index (χ0n) is 17.8. The van der Waals surface area contributed by atoms with Crippen molar-refractivity contribution in [3.8, 4) is 11.6 Å². The molecule has 1 saturated heterocycles. The highest BCUT2D eigenvalue weighted by Gasteiger charge is 2.30. The third kappa shape index (κ3) is 6.00. The number of carbonyl (C=O) groups is 1. The van der Waals surface area contributed by atoms with Crippen molar-refractivity contribution in [3.63, 3.8) is 0 Å². The monoisotopic (exact) mass is 456 g/mol. The average Bonchev–Trinajstić information content (AvgIpc) is 2.83. The lowest BCUT2D eigenvalue weighted by Gasteiger charge is -2.32. The van der Waals surface area contributed by atoms with Gasteiger partial charge in [-0.15, -0.1) is 0 Å². The van der Waals surface area contributed by atoms with Crippen LogP contribution in [-0.2, 0) is 17.5 Å². The number of carbonyl (C=O) groups excluding carboxylic acids is 1. The van der Waals surface area contributed by atoms with Crippen molar-refractivity contribution in [3.05, 3.63) is 78.1 Å². The van der Waals surface area contributed by atoms with Gasteiger partial charge in [0.2, 0.25) is 11.8 Å². The van der Waals surface area contributed by atoms with E-state index in [1.165, 1.54) is 18.5 Å². The number of hydrogen-bond donors (Lipinski definition) is 1. The van der Waals surface area contributed by atoms with Gasteiger partial charge in [0, 0.05) is 31.6 Å². The van der Waals surface area contributed by atoms with Crippen molar-refractivity contribution >= 4 is 11.7 Å². The van der Waals surface area contributed by atoms with Crippen LogP contribution in [0.2, 0.25) is 0 Å². The van der Waals surface area contributed by atoms with Crippen molar-refractivity contribution in [1.82, 2.24) is 15.3 Å². The second-order valence-corrected chi connectivity index (χ2v) is 7.80. The Morgan fingerprint density at radius 2 is 1.73 bits per heavy atom. The van der Waals surface area contributed by atoms with Crippen LogP contribution in [0.1, 0.15) is 24.0 Å². The molecular weight excluding hydrogens is 433 g/mol. The molecular formula is C24H23F3N4O2. The predicted molar refractivity (Wildman–Crippen MR) is 117 cm³/mol. The van der Waals surface area contributed by atoms with Crippen LogP contribution in [0.4, 0.5) is 19.0 Å². The van der Waals surface area contributed by atoms with E-state index in [0.717, 1.165) is 18.0 Å². The van der Waals surface area contributed by atoms with Crippen molar-refractivity contribution in [2.45, 2.75) is 25.6 Å². The van der Waals surface area contributed by atoms with Crippen LogP contribution in [0.25, 0.3) is 0 Å². The molecule has 1 aliphatic heterocycles. The SMILES string of the molecule is O=C(NCc1ccc(C(F)(F)F)cc1)C1CCN(c2cc(Oc3ccccc3)ncn2)CC1. The highest BCUT2D eigenvalue weighted by molar-refractivity contribution is 5.79. The number of nitrogens with one attached hydrogen (secondary N) is 1. The highest BCUT2D eigenvalue weighted by Crippen LogP contribution is 2.29. The maximum absolute atomic E-state index is 12.7. The molecule has 2 heterocycles. The summed E-state index contributed by atoms with van der Waals surface area (Å²) in [4.78, 5) is 23.1. The number of para-hydroxylation sites is 1. The van der Waals surface area contributed by atoms with Gasteiger partial charge >= 0.3 is 6.18 Å². The number of benzene rings is 2. The third-order valence-corrected chi connectivity index (χ3v) is 5.53. The minimum atomic E-state index is -4.37. The Morgan fingerprint density at radius 3 is 2.39 bits per heavy atom. The van der Waals surface area contributed by atoms with Gasteiger partial charge in [-0.3, -0.25) is 4.79 Å². The first-order valence-corrected chi connectivity index (χ1v) is 10.6. The van der Waals surface area contributed by atoms with E-state index < -0.39 is 11.7 Å². The number of halogens is 3. The Morgan fingerprint density at radius 1 is 1.03 bits per heavy atom. The molecule has 3 aromatic rings. The molecule has 0 atom stereocenters. The highest BCUT2D eigenvalue weighted by atomic mass is 19.4. The average molecular weight is 456 g/mol. The fourth-order valence-corrected chi connectivity index (χ4v) is 3.68. The van der Waals surface area contributed by atoms with Gasteiger partial charge in [-0.1, -0.05) is 30.3 Å². The molecule has 0 radical (unpaired) electrons. The molecule has 33 heavy (non-hydrogen) atoms. The van der Waals surface area contributed by atoms with Crippen LogP contribution in [0.15, 0.2) is 67.0 Å². The summed E-state index contributed by atoms with van der Waals surface area (Å²) in [6.45, 7) is 1.50. The molecule has 9 heteroatoms. The van der Waals surface area contributed by atoms with Gasteiger partial charge in [-0.2, -0.15) is 13.2 Å². The lowest BCUT2D eigenvalue weighted by atomic mass is 9.96. The maximum atomic E-state index is 12.7. The Hall–Kier alpha value is -3.62. The lowest BCUT2D eigenvalue weighted by molar-refractivity contribution is -0.137. The molecule has 1 aliphatic rings. The molecule has 6 nitrogen and oxygen atoms in total. The second-order valence-electron chi connectivity index (χ2n) is 7.80. The summed E-state index contributed by atoms with van der Waals surface area (Å²) in [7, 11) is 0. The van der Waals surface area contributed by atoms with E-state index in [4.69, 9.17) is 4.74 Å². The Bertz CT molecular complexity index is 1070. The van der Waals surface area contributed by atoms with Crippen LogP contribution >= 0.6 is 0 Å². The summed E-state index contributed by atoms with van der Waals surface area (Å²) < 4.78 is 43.8. The normalized spacial score (nSPS) is 14.7. The van der Waals surface area contributed by atoms with E-state index in [0.29, 0.717) is 43.1 Å². The molecule has 0 bridgehead atoms. The maximum Gasteiger partial charge on any atom is 0.416 e. The van der Waals surface area contributed by atoms with E-state index in [-0.39, 0.29) is 18.4 Å². The summed E-state index contributed by atoms with van der Waals surface area (Å²) in [6.07, 6.45) is -1.61. The van der Waals surface area contributed by atoms with Crippen LogP contribution in [-0.4, -0.2) is 29.0 Å². The fraction of sp³-hybridized carbons (Fsp3) is 0.292. The predicted octanol–water partition coefficient (Wildman–Crippen LogP) is 4.82. The van der Waals surface area contributed by atoms with Crippen molar-refractivity contribution < 1.29 is 22.7 Å². The number of amides is 1. The smallest absolute Gasteiger partial charge is 0.416 e. The lowest BCUT2D eigenvalue weighted by Crippen LogP contribution is -2.40. The summed E-state index contributed by atoms with van der Waals surface area (Å²) in [5, 5.41) is 2.83. The number of rotatable bonds is 6. The number of ether oxygens (including phenoxy) is 1. The van der Waals surface area contributed by atoms with Crippen molar-refractivity contribution in [1.29, 1.82) is 0 Å². The van der Waals surface area contributed by atoms with Gasteiger partial charge in [-0.05, 0) is 42.7 Å². The van der Waals surface area contributed by atoms with Crippen LogP contribution in [0.5, 0.6) is 11.6 Å². The van der Waals surface area contributed by atoms with E-state index in [2.05, 4.69) is 20.2 Å². The van der Waals surface area contributed by atoms with Gasteiger partial charge < -0.3 is 15.0 Å². The van der Waals surface area contributed by atoms with Gasteiger partial charge in [0.25, 0.3) is 0 Å². The number of anilines is 1. The number of nitrogens with zero attached hydrogens (tertiary/aromatic N) is 3. The van der Waals surface area contributed by atoms with Crippen LogP contribution < -0.4 is 15.0 Å². The quantitative estimate of drug-likeness (QED) is 0.576. The molecule has 2 aromatic carbocycles. The second kappa shape index (κ2) is 9.89. The molecule has 0 saturated carbocycles. The van der Waals surface area contributed by atoms with Crippen LogP contribution in [0.3, 0.4) is 0 Å². The number of hydrogen-bond acceptors (Lipinski definition) is 5. The van der Waals surface area contributed by atoms with Gasteiger partial charge in [0.15, 0.2) is 0 Å². The van der Waals surface area contributed by atoms with Crippen molar-refractivity contribution in [2.24, 2.45) is 5.92 Å². The molecule has 0 aliphatic carbocycles. The number of aromatic nitrogens is 2. The minimum absolute atomic E-state index is 0.0923. The van der Waals surface area contributed by atoms with E-state index in [1.54, 1.807) is 6.07 Å². The molecule has 1 fully saturated rings. The Kier molecular flexibility index (Phi) is 6.76. The molecule has 1 amide bonds. The molecule has 0 unspecified atom stereocenters. The molecule has 1 N–H and O–H groups in total. The summed E-state index contributed by atoms with van der Waals surface area (Å²) in [6, 6.07) is 15.9. The van der Waals surface area contributed by atoms with E-state index in [9.17, 15) is 18.0 Å². The molecule has 1 aromatic heterocycles. The van der Waals surface area contributed by atoms with E-state index >= 15 is 0 Å². The number of piperidine rings is 1. The Labute approximate surface area is 189 Å². The zero-order valence-corrected chi connectivity index (χ0v) is 17.8. The topological polar surface area (TPSA) is 67.4 Å². The fourth-order valence-electron chi connectivity index (χ4n) is 3.68. The first-order chi connectivity index (χ1) is 15.9. The van der Waals surface area contributed by atoms with Crippen molar-refractivity contribution in [2.75, 3.05) is 18.0 Å². The van der Waals surface area contributed by atoms with Crippen LogP contribution in [0, 0.1) is 5.92 Å². The zero-order chi connectivity index (χ0) is 23.3. The third-order valence-electron chi connectivity index (χ3n) is 5.53. The summed E-state index contributed by atoms with van der Waals surface area (Å²) in [5.41, 5.74) is -0.0762. The summed E-state index contributed by atoms with van der Waals surface area (Å²) in [5.74, 6) is 1.62. The molecule has 0 spiro atoms. The van der Waals surface area contributed by atoms with E-state index in [1.807, 2.05) is 30.3 Å². The van der Waals surface area contributed by atoms with Gasteiger partial charge in [-0.25, -0.2) is 9.97 Å². The first-order valence-electron chi connectivity index (χ1n) is 10.6. The number of alkyl halides is 3. The Balaban J connectivity index is 1.27. The first kappa shape index (κ1) is 22.6. The molecule has 4 rings (SSSR count). The van der Waals surface area contributed by atoms with Gasteiger partial charge in [0.05, 0.1) is 5.56 Å². The van der Waals surface area contributed by atoms with Gasteiger partial charge in [0.1, 0.15) is 17.9 Å². The minimum Gasteiger partial charge on any atom is -0.439 e. The standard InChI is InChI=1S/C24H23F3N4O2/c25-24(26,27)19-8-6-17(7-9-19)15-28-23(32)18-10-12-31(13-11-18)21-14-22(30-16-29-21)33-20-4-2-1-3-5-20/h1-9,14,16,18H,10-13,15H2,(H,28,32). The summed E-state index contributed by atoms with van der Waals surface area (Å²) >= 11 is 0. The largest absolute Gasteiger partial charge is 0.439 e. The molecule has 172 valence electrons.